The molecule has 0 spiro atoms. The van der Waals surface area contributed by atoms with E-state index in [0.717, 1.165) is 40.0 Å². The third-order valence-electron chi connectivity index (χ3n) is 6.26. The second-order valence-electron chi connectivity index (χ2n) is 8.23. The molecule has 4 nitrogen and oxygen atoms in total. The Morgan fingerprint density at radius 2 is 1.81 bits per heavy atom. The Balaban J connectivity index is 1.78. The number of carbonyl (C=O) groups is 1. The molecule has 0 amide bonds. The lowest BCUT2D eigenvalue weighted by Gasteiger charge is -2.32. The SMILES string of the molecule is C=C1C(=Cc2ccc(O)cc2)CC2=CC(C)=C(C(=O)OCC)C(c3ccc(OC)cc3)C12. The van der Waals surface area contributed by atoms with Gasteiger partial charge in [0.25, 0.3) is 0 Å². The van der Waals surface area contributed by atoms with Gasteiger partial charge in [-0.25, -0.2) is 4.79 Å². The van der Waals surface area contributed by atoms with Crippen LogP contribution in [0.1, 0.15) is 37.3 Å². The van der Waals surface area contributed by atoms with Gasteiger partial charge in [-0.2, -0.15) is 0 Å². The Morgan fingerprint density at radius 3 is 2.44 bits per heavy atom. The topological polar surface area (TPSA) is 55.8 Å². The van der Waals surface area contributed by atoms with Crippen LogP contribution in [0, 0.1) is 5.92 Å². The molecule has 164 valence electrons. The quantitative estimate of drug-likeness (QED) is 0.597. The first-order chi connectivity index (χ1) is 15.4. The number of phenolic OH excluding ortho intramolecular Hbond substituents is 1. The fourth-order valence-electron chi connectivity index (χ4n) is 4.77. The Bertz CT molecular complexity index is 1130. The van der Waals surface area contributed by atoms with E-state index in [1.807, 2.05) is 50.2 Å². The number of ether oxygens (including phenoxy) is 2. The van der Waals surface area contributed by atoms with E-state index in [0.29, 0.717) is 12.2 Å². The lowest BCUT2D eigenvalue weighted by atomic mass is 9.71. The zero-order chi connectivity index (χ0) is 22.8. The summed E-state index contributed by atoms with van der Waals surface area (Å²) in [5.74, 6) is 0.571. The van der Waals surface area contributed by atoms with Gasteiger partial charge < -0.3 is 14.6 Å². The van der Waals surface area contributed by atoms with Crippen LogP contribution in [0.5, 0.6) is 11.5 Å². The van der Waals surface area contributed by atoms with E-state index in [1.54, 1.807) is 19.2 Å². The second-order valence-corrected chi connectivity index (χ2v) is 8.23. The summed E-state index contributed by atoms with van der Waals surface area (Å²) in [7, 11) is 1.64. The van der Waals surface area contributed by atoms with Gasteiger partial charge in [0.05, 0.1) is 13.7 Å². The summed E-state index contributed by atoms with van der Waals surface area (Å²) >= 11 is 0. The average molecular weight is 429 g/mol. The van der Waals surface area contributed by atoms with E-state index in [1.165, 1.54) is 5.57 Å². The lowest BCUT2D eigenvalue weighted by Crippen LogP contribution is -2.25. The number of esters is 1. The maximum atomic E-state index is 13.0. The van der Waals surface area contributed by atoms with Crippen molar-refractivity contribution in [3.8, 4) is 11.5 Å². The first-order valence-electron chi connectivity index (χ1n) is 10.8. The van der Waals surface area contributed by atoms with Crippen molar-refractivity contribution in [3.63, 3.8) is 0 Å². The summed E-state index contributed by atoms with van der Waals surface area (Å²) in [6.45, 7) is 8.59. The molecule has 2 aromatic carbocycles. The van der Waals surface area contributed by atoms with Gasteiger partial charge in [0.1, 0.15) is 11.5 Å². The maximum Gasteiger partial charge on any atom is 0.334 e. The highest BCUT2D eigenvalue weighted by atomic mass is 16.5. The van der Waals surface area contributed by atoms with Gasteiger partial charge in [0, 0.05) is 17.4 Å². The van der Waals surface area contributed by atoms with Gasteiger partial charge in [0.2, 0.25) is 0 Å². The molecule has 2 unspecified atom stereocenters. The molecule has 0 saturated heterocycles. The van der Waals surface area contributed by atoms with Gasteiger partial charge in [-0.15, -0.1) is 0 Å². The molecule has 2 atom stereocenters. The highest BCUT2D eigenvalue weighted by molar-refractivity contribution is 5.93. The zero-order valence-corrected chi connectivity index (χ0v) is 18.7. The van der Waals surface area contributed by atoms with Crippen LogP contribution in [0.15, 0.2) is 89.1 Å². The molecule has 1 saturated carbocycles. The molecule has 1 fully saturated rings. The molecule has 1 N–H and O–H groups in total. The predicted octanol–water partition coefficient (Wildman–Crippen LogP) is 5.96. The van der Waals surface area contributed by atoms with E-state index in [4.69, 9.17) is 9.47 Å². The van der Waals surface area contributed by atoms with E-state index >= 15 is 0 Å². The van der Waals surface area contributed by atoms with Crippen molar-refractivity contribution in [2.24, 2.45) is 5.92 Å². The number of fused-ring (bicyclic) bond motifs is 1. The monoisotopic (exact) mass is 428 g/mol. The average Bonchev–Trinajstić information content (AvgIpc) is 3.09. The molecule has 2 aliphatic rings. The normalized spacial score (nSPS) is 21.4. The molecule has 4 rings (SSSR count). The first kappa shape index (κ1) is 21.7. The number of hydrogen-bond donors (Lipinski definition) is 1. The second kappa shape index (κ2) is 8.91. The van der Waals surface area contributed by atoms with Gasteiger partial charge in [-0.3, -0.25) is 0 Å². The molecular weight excluding hydrogens is 400 g/mol. The smallest absolute Gasteiger partial charge is 0.334 e. The summed E-state index contributed by atoms with van der Waals surface area (Å²) in [4.78, 5) is 13.0. The summed E-state index contributed by atoms with van der Waals surface area (Å²) in [6, 6.07) is 15.0. The minimum atomic E-state index is -0.273. The van der Waals surface area contributed by atoms with Crippen LogP contribution >= 0.6 is 0 Å². The van der Waals surface area contributed by atoms with Crippen LogP contribution in [0.3, 0.4) is 0 Å². The molecule has 0 aromatic heterocycles. The summed E-state index contributed by atoms with van der Waals surface area (Å²) < 4.78 is 10.8. The molecule has 2 aromatic rings. The fraction of sp³-hybridized carbons (Fsp3) is 0.250. The van der Waals surface area contributed by atoms with Crippen molar-refractivity contribution in [2.45, 2.75) is 26.2 Å². The van der Waals surface area contributed by atoms with Crippen molar-refractivity contribution in [3.05, 3.63) is 100 Å². The van der Waals surface area contributed by atoms with Crippen molar-refractivity contribution in [1.82, 2.24) is 0 Å². The van der Waals surface area contributed by atoms with Gasteiger partial charge in [-0.05, 0) is 72.4 Å². The molecule has 32 heavy (non-hydrogen) atoms. The first-order valence-corrected chi connectivity index (χ1v) is 10.8. The highest BCUT2D eigenvalue weighted by Crippen LogP contribution is 2.53. The number of hydrogen-bond acceptors (Lipinski definition) is 4. The van der Waals surface area contributed by atoms with Crippen molar-refractivity contribution >= 4 is 12.0 Å². The van der Waals surface area contributed by atoms with Gasteiger partial charge in [0.15, 0.2) is 0 Å². The van der Waals surface area contributed by atoms with E-state index in [-0.39, 0.29) is 23.6 Å². The Morgan fingerprint density at radius 1 is 1.12 bits per heavy atom. The van der Waals surface area contributed by atoms with Crippen LogP contribution in [-0.2, 0) is 9.53 Å². The zero-order valence-electron chi connectivity index (χ0n) is 18.7. The lowest BCUT2D eigenvalue weighted by molar-refractivity contribution is -0.139. The maximum absolute atomic E-state index is 13.0. The van der Waals surface area contributed by atoms with Crippen LogP contribution in [0.4, 0.5) is 0 Å². The summed E-state index contributed by atoms with van der Waals surface area (Å²) in [6.07, 6.45) is 5.02. The van der Waals surface area contributed by atoms with E-state index < -0.39 is 0 Å². The minimum absolute atomic E-state index is 0.00475. The number of allylic oxidation sites excluding steroid dienone is 5. The minimum Gasteiger partial charge on any atom is -0.508 e. The van der Waals surface area contributed by atoms with Gasteiger partial charge >= 0.3 is 5.97 Å². The fourth-order valence-corrected chi connectivity index (χ4v) is 4.77. The van der Waals surface area contributed by atoms with E-state index in [2.05, 4.69) is 18.7 Å². The number of carbonyl (C=O) groups excluding carboxylic acids is 1. The Kier molecular flexibility index (Phi) is 6.04. The summed E-state index contributed by atoms with van der Waals surface area (Å²) in [5.41, 5.74) is 7.09. The molecule has 0 heterocycles. The molecular formula is C28H28O4. The molecule has 0 bridgehead atoms. The largest absolute Gasteiger partial charge is 0.508 e. The number of rotatable bonds is 5. The van der Waals surface area contributed by atoms with Crippen molar-refractivity contribution in [1.29, 1.82) is 0 Å². The van der Waals surface area contributed by atoms with Crippen LogP contribution in [0.2, 0.25) is 0 Å². The molecule has 2 aliphatic carbocycles. The number of benzene rings is 2. The summed E-state index contributed by atoms with van der Waals surface area (Å²) in [5, 5.41) is 9.58. The Labute approximate surface area is 189 Å². The van der Waals surface area contributed by atoms with Crippen LogP contribution in [-0.4, -0.2) is 24.8 Å². The highest BCUT2D eigenvalue weighted by Gasteiger charge is 2.42. The van der Waals surface area contributed by atoms with Crippen LogP contribution < -0.4 is 4.74 Å². The van der Waals surface area contributed by atoms with Crippen LogP contribution in [0.25, 0.3) is 6.08 Å². The number of aromatic hydroxyl groups is 1. The molecule has 0 aliphatic heterocycles. The number of methoxy groups -OCH3 is 1. The third kappa shape index (κ3) is 4.01. The standard InChI is InChI=1S/C28H28O4/c1-5-32-28(30)25-17(2)14-22-16-21(15-19-6-10-23(29)11-7-19)18(3)26(22)27(25)20-8-12-24(31-4)13-9-20/h6-15,26-27,29H,3,5,16H2,1-2,4H3. The predicted molar refractivity (Wildman–Crippen MR) is 126 cm³/mol. The molecule has 0 radical (unpaired) electrons. The Hall–Kier alpha value is -3.53. The van der Waals surface area contributed by atoms with Crippen molar-refractivity contribution in [2.75, 3.05) is 13.7 Å². The van der Waals surface area contributed by atoms with Crippen molar-refractivity contribution < 1.29 is 19.4 Å². The van der Waals surface area contributed by atoms with E-state index in [9.17, 15) is 9.90 Å². The molecule has 4 heteroatoms. The third-order valence-corrected chi connectivity index (χ3v) is 6.26. The number of phenols is 1. The van der Waals surface area contributed by atoms with Gasteiger partial charge in [-0.1, -0.05) is 48.6 Å².